The van der Waals surface area contributed by atoms with Gasteiger partial charge in [0.25, 0.3) is 0 Å². The maximum atomic E-state index is 11.2. The van der Waals surface area contributed by atoms with Gasteiger partial charge in [-0.25, -0.2) is 5.01 Å². The predicted octanol–water partition coefficient (Wildman–Crippen LogP) is 3.82. The Morgan fingerprint density at radius 1 is 0.882 bits per heavy atom. The second-order valence-corrected chi connectivity index (χ2v) is 5.72. The Bertz CT molecular complexity index is 230. The molecule has 1 N–H and O–H groups in total. The second kappa shape index (κ2) is 6.60. The van der Waals surface area contributed by atoms with Crippen molar-refractivity contribution in [3.63, 3.8) is 0 Å². The molecule has 2 saturated carbocycles. The minimum Gasteiger partial charge on any atom is -0.275 e. The zero-order valence-corrected chi connectivity index (χ0v) is 11.2. The molecule has 0 radical (unpaired) electrons. The first-order chi connectivity index (χ1) is 8.27. The molecule has 1 amide bonds. The van der Waals surface area contributed by atoms with Crippen molar-refractivity contribution in [1.82, 2.24) is 10.4 Å². The van der Waals surface area contributed by atoms with Crippen molar-refractivity contribution >= 4 is 17.0 Å². The standard InChI is InChI=1S/C13H23ClN2O/c14-13(17)15-16(11-7-3-1-4-8-11)12-9-5-2-6-10-12/h11-12H,1-10H2,(H,15,17). The Morgan fingerprint density at radius 2 is 1.29 bits per heavy atom. The summed E-state index contributed by atoms with van der Waals surface area (Å²) in [5.41, 5.74) is 2.88. The molecule has 2 fully saturated rings. The van der Waals surface area contributed by atoms with Gasteiger partial charge in [-0.05, 0) is 37.3 Å². The van der Waals surface area contributed by atoms with E-state index in [0.717, 1.165) is 0 Å². The van der Waals surface area contributed by atoms with Gasteiger partial charge in [0.05, 0.1) is 0 Å². The van der Waals surface area contributed by atoms with Crippen LogP contribution in [0.2, 0.25) is 0 Å². The summed E-state index contributed by atoms with van der Waals surface area (Å²) in [6.07, 6.45) is 12.6. The molecule has 2 aliphatic carbocycles. The Morgan fingerprint density at radius 3 is 1.65 bits per heavy atom. The van der Waals surface area contributed by atoms with Crippen LogP contribution in [0.1, 0.15) is 64.2 Å². The summed E-state index contributed by atoms with van der Waals surface area (Å²) in [5.74, 6) is 0. The van der Waals surface area contributed by atoms with Gasteiger partial charge in [-0.2, -0.15) is 0 Å². The largest absolute Gasteiger partial charge is 0.328 e. The van der Waals surface area contributed by atoms with E-state index >= 15 is 0 Å². The molecule has 0 spiro atoms. The summed E-state index contributed by atoms with van der Waals surface area (Å²) in [6, 6.07) is 1.02. The van der Waals surface area contributed by atoms with E-state index < -0.39 is 5.37 Å². The van der Waals surface area contributed by atoms with E-state index in [-0.39, 0.29) is 0 Å². The molecule has 3 nitrogen and oxygen atoms in total. The first-order valence-corrected chi connectivity index (χ1v) is 7.39. The Kier molecular flexibility index (Phi) is 5.11. The number of amides is 1. The maximum Gasteiger partial charge on any atom is 0.328 e. The zero-order chi connectivity index (χ0) is 12.1. The number of rotatable bonds is 3. The molecular weight excluding hydrogens is 236 g/mol. The van der Waals surface area contributed by atoms with Gasteiger partial charge in [-0.1, -0.05) is 38.5 Å². The fourth-order valence-corrected chi connectivity index (χ4v) is 3.40. The van der Waals surface area contributed by atoms with Crippen molar-refractivity contribution < 1.29 is 4.79 Å². The molecule has 0 aromatic heterocycles. The summed E-state index contributed by atoms with van der Waals surface area (Å²) >= 11 is 5.52. The third-order valence-corrected chi connectivity index (χ3v) is 4.24. The van der Waals surface area contributed by atoms with E-state index in [9.17, 15) is 4.79 Å². The van der Waals surface area contributed by atoms with Gasteiger partial charge >= 0.3 is 5.37 Å². The van der Waals surface area contributed by atoms with Crippen LogP contribution < -0.4 is 5.43 Å². The molecule has 2 rings (SSSR count). The van der Waals surface area contributed by atoms with Gasteiger partial charge in [0, 0.05) is 12.1 Å². The fraction of sp³-hybridized carbons (Fsp3) is 0.923. The van der Waals surface area contributed by atoms with Gasteiger partial charge < -0.3 is 0 Å². The number of nitrogens with one attached hydrogen (secondary N) is 1. The van der Waals surface area contributed by atoms with Crippen molar-refractivity contribution in [3.8, 4) is 0 Å². The fourth-order valence-electron chi connectivity index (χ4n) is 3.30. The third-order valence-electron chi connectivity index (χ3n) is 4.15. The maximum absolute atomic E-state index is 11.2. The third kappa shape index (κ3) is 3.85. The quantitative estimate of drug-likeness (QED) is 0.474. The minimum atomic E-state index is -0.429. The summed E-state index contributed by atoms with van der Waals surface area (Å²) < 4.78 is 0. The lowest BCUT2D eigenvalue weighted by atomic mass is 9.90. The highest BCUT2D eigenvalue weighted by atomic mass is 35.5. The van der Waals surface area contributed by atoms with Crippen molar-refractivity contribution in [2.75, 3.05) is 0 Å². The van der Waals surface area contributed by atoms with Crippen LogP contribution in [-0.2, 0) is 0 Å². The molecule has 0 aromatic carbocycles. The molecule has 98 valence electrons. The smallest absolute Gasteiger partial charge is 0.275 e. The molecule has 2 aliphatic rings. The van der Waals surface area contributed by atoms with Crippen LogP contribution in [0.25, 0.3) is 0 Å². The molecule has 0 heterocycles. The molecule has 4 heteroatoms. The second-order valence-electron chi connectivity index (χ2n) is 5.38. The Balaban J connectivity index is 1.97. The molecule has 17 heavy (non-hydrogen) atoms. The Labute approximate surface area is 109 Å². The van der Waals surface area contributed by atoms with Crippen molar-refractivity contribution in [2.24, 2.45) is 0 Å². The van der Waals surface area contributed by atoms with Crippen LogP contribution in [-0.4, -0.2) is 22.5 Å². The predicted molar refractivity (Wildman–Crippen MR) is 70.0 cm³/mol. The highest BCUT2D eigenvalue weighted by Crippen LogP contribution is 2.28. The highest BCUT2D eigenvalue weighted by molar-refractivity contribution is 6.62. The van der Waals surface area contributed by atoms with E-state index in [1.807, 2.05) is 0 Å². The van der Waals surface area contributed by atoms with Crippen LogP contribution in [0, 0.1) is 0 Å². The van der Waals surface area contributed by atoms with E-state index in [1.165, 1.54) is 64.2 Å². The van der Waals surface area contributed by atoms with Gasteiger partial charge in [0.2, 0.25) is 0 Å². The van der Waals surface area contributed by atoms with E-state index in [0.29, 0.717) is 12.1 Å². The van der Waals surface area contributed by atoms with E-state index in [4.69, 9.17) is 11.6 Å². The number of carbonyl (C=O) groups is 1. The molecule has 0 unspecified atom stereocenters. The lowest BCUT2D eigenvalue weighted by molar-refractivity contribution is 0.0465. The molecule has 0 saturated heterocycles. The summed E-state index contributed by atoms with van der Waals surface area (Å²) in [5, 5.41) is 1.76. The summed E-state index contributed by atoms with van der Waals surface area (Å²) in [4.78, 5) is 11.2. The zero-order valence-electron chi connectivity index (χ0n) is 10.5. The monoisotopic (exact) mass is 258 g/mol. The van der Waals surface area contributed by atoms with Crippen LogP contribution in [0.4, 0.5) is 4.79 Å². The first kappa shape index (κ1) is 13.2. The lowest BCUT2D eigenvalue weighted by Gasteiger charge is -2.40. The molecule has 0 atom stereocenters. The lowest BCUT2D eigenvalue weighted by Crippen LogP contribution is -2.53. The van der Waals surface area contributed by atoms with Crippen LogP contribution in [0.15, 0.2) is 0 Å². The molecular formula is C13H23ClN2O. The number of carbonyl (C=O) groups excluding carboxylic acids is 1. The highest BCUT2D eigenvalue weighted by Gasteiger charge is 2.29. The number of hydrogen-bond acceptors (Lipinski definition) is 2. The van der Waals surface area contributed by atoms with Gasteiger partial charge in [-0.15, -0.1) is 0 Å². The number of hydrogen-bond donors (Lipinski definition) is 1. The van der Waals surface area contributed by atoms with Crippen molar-refractivity contribution in [1.29, 1.82) is 0 Å². The molecule has 0 aliphatic heterocycles. The Hall–Kier alpha value is -0.280. The van der Waals surface area contributed by atoms with Crippen molar-refractivity contribution in [3.05, 3.63) is 0 Å². The van der Waals surface area contributed by atoms with Gasteiger partial charge in [0.1, 0.15) is 0 Å². The normalized spacial score (nSPS) is 23.9. The number of halogens is 1. The summed E-state index contributed by atoms with van der Waals surface area (Å²) in [6.45, 7) is 0. The van der Waals surface area contributed by atoms with Crippen LogP contribution >= 0.6 is 11.6 Å². The minimum absolute atomic E-state index is 0.429. The summed E-state index contributed by atoms with van der Waals surface area (Å²) in [7, 11) is 0. The first-order valence-electron chi connectivity index (χ1n) is 7.02. The van der Waals surface area contributed by atoms with Crippen LogP contribution in [0.5, 0.6) is 0 Å². The SMILES string of the molecule is O=C(Cl)NN(C1CCCCC1)C1CCCCC1. The van der Waals surface area contributed by atoms with E-state index in [2.05, 4.69) is 10.4 Å². The van der Waals surface area contributed by atoms with Gasteiger partial charge in [-0.3, -0.25) is 10.2 Å². The molecule has 0 bridgehead atoms. The average Bonchev–Trinajstić information content (AvgIpc) is 2.38. The van der Waals surface area contributed by atoms with Crippen LogP contribution in [0.3, 0.4) is 0 Å². The van der Waals surface area contributed by atoms with E-state index in [1.54, 1.807) is 0 Å². The van der Waals surface area contributed by atoms with Gasteiger partial charge in [0.15, 0.2) is 0 Å². The number of nitrogens with zero attached hydrogens (tertiary/aromatic N) is 1. The van der Waals surface area contributed by atoms with Crippen molar-refractivity contribution in [2.45, 2.75) is 76.3 Å². The molecule has 0 aromatic rings. The topological polar surface area (TPSA) is 32.3 Å². The average molecular weight is 259 g/mol. The number of hydrazine groups is 1.